The summed E-state index contributed by atoms with van der Waals surface area (Å²) in [4.78, 5) is 7.19. The normalized spacial score (nSPS) is 23.9. The second-order valence-electron chi connectivity index (χ2n) is 8.52. The maximum absolute atomic E-state index is 11.0. The molecule has 1 aromatic rings. The van der Waals surface area contributed by atoms with Gasteiger partial charge in [0, 0.05) is 50.3 Å². The Balaban J connectivity index is 1.66. The fourth-order valence-corrected chi connectivity index (χ4v) is 4.39. The minimum absolute atomic E-state index is 0.247. The first-order chi connectivity index (χ1) is 14.4. The summed E-state index contributed by atoms with van der Waals surface area (Å²) in [7, 11) is 0. The largest absolute Gasteiger partial charge is 0.466 e. The van der Waals surface area contributed by atoms with E-state index in [1.165, 1.54) is 0 Å². The van der Waals surface area contributed by atoms with E-state index in [2.05, 4.69) is 20.5 Å². The molecular weight excluding hydrogens is 384 g/mol. The Morgan fingerprint density at radius 2 is 2.03 bits per heavy atom. The van der Waals surface area contributed by atoms with E-state index in [9.17, 15) is 5.11 Å². The lowest BCUT2D eigenvalue weighted by molar-refractivity contribution is 0.00244. The van der Waals surface area contributed by atoms with Gasteiger partial charge in [0.05, 0.1) is 26.4 Å². The first-order valence-corrected chi connectivity index (χ1v) is 11.1. The lowest BCUT2D eigenvalue weighted by Crippen LogP contribution is -2.53. The molecule has 3 heterocycles. The first kappa shape index (κ1) is 23.1. The third kappa shape index (κ3) is 5.97. The van der Waals surface area contributed by atoms with Crippen molar-refractivity contribution in [3.05, 3.63) is 23.2 Å². The van der Waals surface area contributed by atoms with Gasteiger partial charge in [-0.1, -0.05) is 0 Å². The number of aryl methyl sites for hydroxylation is 2. The van der Waals surface area contributed by atoms with Crippen LogP contribution in [-0.4, -0.2) is 81.2 Å². The predicted octanol–water partition coefficient (Wildman–Crippen LogP) is 1.40. The van der Waals surface area contributed by atoms with Crippen LogP contribution in [0.15, 0.2) is 15.5 Å². The number of guanidine groups is 1. The van der Waals surface area contributed by atoms with E-state index >= 15 is 0 Å². The highest BCUT2D eigenvalue weighted by Gasteiger charge is 2.32. The van der Waals surface area contributed by atoms with Gasteiger partial charge in [0.15, 0.2) is 5.96 Å². The Morgan fingerprint density at radius 3 is 2.63 bits per heavy atom. The Morgan fingerprint density at radius 1 is 1.27 bits per heavy atom. The van der Waals surface area contributed by atoms with Crippen LogP contribution in [0.4, 0.5) is 0 Å². The van der Waals surface area contributed by atoms with Gasteiger partial charge >= 0.3 is 0 Å². The summed E-state index contributed by atoms with van der Waals surface area (Å²) >= 11 is 0. The topological polar surface area (TPSA) is 91.5 Å². The number of rotatable bonds is 8. The van der Waals surface area contributed by atoms with Gasteiger partial charge in [-0.05, 0) is 40.2 Å². The molecule has 3 N–H and O–H groups in total. The van der Waals surface area contributed by atoms with Gasteiger partial charge in [0.25, 0.3) is 0 Å². The molecule has 170 valence electrons. The molecule has 0 bridgehead atoms. The van der Waals surface area contributed by atoms with E-state index in [0.717, 1.165) is 76.1 Å². The number of aliphatic hydroxyl groups is 1. The van der Waals surface area contributed by atoms with Crippen LogP contribution in [0.3, 0.4) is 0 Å². The number of aliphatic imine (C=N–C) groups is 1. The number of nitrogens with zero attached hydrogens (tertiary/aromatic N) is 2. The molecule has 8 heteroatoms. The molecule has 1 aromatic heterocycles. The van der Waals surface area contributed by atoms with Crippen molar-refractivity contribution in [3.63, 3.8) is 0 Å². The van der Waals surface area contributed by atoms with Crippen molar-refractivity contribution >= 4 is 5.96 Å². The maximum Gasteiger partial charge on any atom is 0.191 e. The van der Waals surface area contributed by atoms with E-state index in [4.69, 9.17) is 13.9 Å². The molecule has 2 aliphatic rings. The summed E-state index contributed by atoms with van der Waals surface area (Å²) in [5, 5.41) is 17.8. The standard InChI is InChI=1S/C22H38N4O4/c1-5-23-21(25-15-22(4,27)19-12-16(2)30-17(19)3)24-13-20(18-6-9-29-14-18)26-7-10-28-11-8-26/h12,18,20,27H,5-11,13-15H2,1-4H3,(H2,23,24,25). The lowest BCUT2D eigenvalue weighted by Gasteiger charge is -2.37. The zero-order valence-corrected chi connectivity index (χ0v) is 18.9. The van der Waals surface area contributed by atoms with Gasteiger partial charge < -0.3 is 29.6 Å². The van der Waals surface area contributed by atoms with Crippen molar-refractivity contribution in [2.45, 2.75) is 45.8 Å². The fourth-order valence-electron chi connectivity index (χ4n) is 4.39. The third-order valence-electron chi connectivity index (χ3n) is 6.01. The Bertz CT molecular complexity index is 691. The molecule has 0 aromatic carbocycles. The zero-order valence-electron chi connectivity index (χ0n) is 18.9. The van der Waals surface area contributed by atoms with Crippen LogP contribution in [0.1, 0.15) is 37.4 Å². The van der Waals surface area contributed by atoms with Crippen LogP contribution in [0, 0.1) is 19.8 Å². The molecular formula is C22H38N4O4. The summed E-state index contributed by atoms with van der Waals surface area (Å²) in [5.41, 5.74) is -0.304. The zero-order chi connectivity index (χ0) is 21.6. The number of hydrogen-bond donors (Lipinski definition) is 3. The van der Waals surface area contributed by atoms with Crippen LogP contribution in [-0.2, 0) is 15.1 Å². The van der Waals surface area contributed by atoms with E-state index in [0.29, 0.717) is 17.9 Å². The monoisotopic (exact) mass is 422 g/mol. The van der Waals surface area contributed by atoms with Crippen LogP contribution < -0.4 is 10.6 Å². The summed E-state index contributed by atoms with van der Waals surface area (Å²) in [6.07, 6.45) is 1.09. The molecule has 3 unspecified atom stereocenters. The average molecular weight is 423 g/mol. The molecule has 0 radical (unpaired) electrons. The maximum atomic E-state index is 11.0. The molecule has 3 atom stereocenters. The second-order valence-corrected chi connectivity index (χ2v) is 8.52. The van der Waals surface area contributed by atoms with E-state index in [-0.39, 0.29) is 6.54 Å². The minimum atomic E-state index is -1.09. The van der Waals surface area contributed by atoms with E-state index in [1.807, 2.05) is 26.8 Å². The van der Waals surface area contributed by atoms with E-state index < -0.39 is 5.60 Å². The molecule has 2 fully saturated rings. The Kier molecular flexibility index (Phi) is 8.16. The summed E-state index contributed by atoms with van der Waals surface area (Å²) < 4.78 is 16.8. The summed E-state index contributed by atoms with van der Waals surface area (Å²) in [6.45, 7) is 14.5. The van der Waals surface area contributed by atoms with Crippen molar-refractivity contribution < 1.29 is 19.0 Å². The molecule has 30 heavy (non-hydrogen) atoms. The SMILES string of the molecule is CCNC(=NCC(C)(O)c1cc(C)oc1C)NCC(C1CCOC1)N1CCOCC1. The second kappa shape index (κ2) is 10.6. The quantitative estimate of drug-likeness (QED) is 0.431. The molecule has 0 amide bonds. The Hall–Kier alpha value is -1.61. The highest BCUT2D eigenvalue weighted by atomic mass is 16.5. The highest BCUT2D eigenvalue weighted by Crippen LogP contribution is 2.27. The van der Waals surface area contributed by atoms with Gasteiger partial charge in [0.1, 0.15) is 17.1 Å². The van der Waals surface area contributed by atoms with Crippen molar-refractivity contribution in [2.24, 2.45) is 10.9 Å². The predicted molar refractivity (Wildman–Crippen MR) is 117 cm³/mol. The molecule has 8 nitrogen and oxygen atoms in total. The third-order valence-corrected chi connectivity index (χ3v) is 6.01. The molecule has 0 spiro atoms. The van der Waals surface area contributed by atoms with Crippen molar-refractivity contribution in [1.29, 1.82) is 0 Å². The number of furan rings is 1. The van der Waals surface area contributed by atoms with Crippen LogP contribution in [0.5, 0.6) is 0 Å². The molecule has 2 aliphatic heterocycles. The summed E-state index contributed by atoms with van der Waals surface area (Å²) in [5.74, 6) is 2.76. The van der Waals surface area contributed by atoms with Gasteiger partial charge in [0.2, 0.25) is 0 Å². The minimum Gasteiger partial charge on any atom is -0.466 e. The molecule has 0 saturated carbocycles. The van der Waals surface area contributed by atoms with Crippen LogP contribution >= 0.6 is 0 Å². The summed E-state index contributed by atoms with van der Waals surface area (Å²) in [6, 6.07) is 2.26. The average Bonchev–Trinajstić information content (AvgIpc) is 3.37. The number of hydrogen-bond acceptors (Lipinski definition) is 6. The highest BCUT2D eigenvalue weighted by molar-refractivity contribution is 5.79. The van der Waals surface area contributed by atoms with Crippen LogP contribution in [0.2, 0.25) is 0 Å². The first-order valence-electron chi connectivity index (χ1n) is 11.1. The van der Waals surface area contributed by atoms with Gasteiger partial charge in [-0.15, -0.1) is 0 Å². The molecule has 0 aliphatic carbocycles. The van der Waals surface area contributed by atoms with Gasteiger partial charge in [-0.3, -0.25) is 4.90 Å². The van der Waals surface area contributed by atoms with Crippen molar-refractivity contribution in [1.82, 2.24) is 15.5 Å². The Labute approximate surface area is 180 Å². The molecule has 3 rings (SSSR count). The van der Waals surface area contributed by atoms with Gasteiger partial charge in [-0.2, -0.15) is 0 Å². The van der Waals surface area contributed by atoms with Crippen molar-refractivity contribution in [2.75, 3.05) is 59.2 Å². The lowest BCUT2D eigenvalue weighted by atomic mass is 9.96. The molecule has 2 saturated heterocycles. The smallest absolute Gasteiger partial charge is 0.191 e. The fraction of sp³-hybridized carbons (Fsp3) is 0.773. The van der Waals surface area contributed by atoms with Crippen molar-refractivity contribution in [3.8, 4) is 0 Å². The van der Waals surface area contributed by atoms with Crippen LogP contribution in [0.25, 0.3) is 0 Å². The number of ether oxygens (including phenoxy) is 2. The van der Waals surface area contributed by atoms with Gasteiger partial charge in [-0.25, -0.2) is 4.99 Å². The number of nitrogens with one attached hydrogen (secondary N) is 2. The number of morpholine rings is 1. The van der Waals surface area contributed by atoms with E-state index in [1.54, 1.807) is 6.92 Å².